The van der Waals surface area contributed by atoms with Gasteiger partial charge in [-0.1, -0.05) is 60.8 Å². The molecule has 0 spiro atoms. The highest BCUT2D eigenvalue weighted by Gasteiger charge is 1.70. The van der Waals surface area contributed by atoms with Gasteiger partial charge in [0.2, 0.25) is 0 Å². The molecule has 0 saturated carbocycles. The predicted molar refractivity (Wildman–Crippen MR) is 73.1 cm³/mol. The standard InChI is InChI=1S/C14H15N3O/c1-2-4-6-8-10-12-14-18-17-16-15-13-11-9-7-5-3-1/h1-14H,(H,15,17)/b2-1-,5-3+,6-4+,9-7-,10-8+,13-11-,14-12-. The minimum Gasteiger partial charge on any atom is -0.372 e. The Hall–Kier alpha value is -2.62. The van der Waals surface area contributed by atoms with Crippen LogP contribution in [0.3, 0.4) is 0 Å². The van der Waals surface area contributed by atoms with Crippen molar-refractivity contribution in [3.8, 4) is 0 Å². The quantitative estimate of drug-likeness (QED) is 0.703. The molecule has 92 valence electrons. The molecule has 0 radical (unpaired) electrons. The smallest absolute Gasteiger partial charge is 0.121 e. The highest BCUT2D eigenvalue weighted by molar-refractivity contribution is 5.20. The van der Waals surface area contributed by atoms with Crippen LogP contribution in [0.1, 0.15) is 0 Å². The van der Waals surface area contributed by atoms with Crippen LogP contribution in [0.2, 0.25) is 0 Å². The molecule has 0 unspecified atom stereocenters. The first-order valence-electron chi connectivity index (χ1n) is 5.45. The van der Waals surface area contributed by atoms with Crippen molar-refractivity contribution in [3.05, 3.63) is 85.4 Å². The fraction of sp³-hybridized carbons (Fsp3) is 0. The van der Waals surface area contributed by atoms with Crippen LogP contribution in [0.15, 0.2) is 95.7 Å². The topological polar surface area (TPSA) is 46.0 Å². The summed E-state index contributed by atoms with van der Waals surface area (Å²) in [7, 11) is 0. The van der Waals surface area contributed by atoms with Gasteiger partial charge in [0.15, 0.2) is 0 Å². The molecule has 0 aromatic rings. The Labute approximate surface area is 107 Å². The number of hydrogen-bond acceptors (Lipinski definition) is 4. The van der Waals surface area contributed by atoms with Crippen molar-refractivity contribution in [1.29, 1.82) is 0 Å². The first-order valence-corrected chi connectivity index (χ1v) is 5.45. The summed E-state index contributed by atoms with van der Waals surface area (Å²) in [6.45, 7) is 0. The van der Waals surface area contributed by atoms with Gasteiger partial charge in [-0.2, -0.15) is 0 Å². The normalized spacial score (nSPS) is 30.2. The second-order valence-corrected chi connectivity index (χ2v) is 3.02. The average molecular weight is 241 g/mol. The minimum atomic E-state index is 1.47. The van der Waals surface area contributed by atoms with Crippen LogP contribution in [0.4, 0.5) is 0 Å². The maximum atomic E-state index is 4.84. The van der Waals surface area contributed by atoms with Crippen molar-refractivity contribution in [2.24, 2.45) is 10.3 Å². The van der Waals surface area contributed by atoms with Crippen molar-refractivity contribution < 1.29 is 4.84 Å². The van der Waals surface area contributed by atoms with Crippen LogP contribution >= 0.6 is 0 Å². The van der Waals surface area contributed by atoms with E-state index in [1.54, 1.807) is 18.4 Å². The maximum absolute atomic E-state index is 4.84. The van der Waals surface area contributed by atoms with Gasteiger partial charge in [0.05, 0.1) is 6.20 Å². The monoisotopic (exact) mass is 241 g/mol. The van der Waals surface area contributed by atoms with Crippen LogP contribution in [0.5, 0.6) is 0 Å². The molecule has 0 atom stereocenters. The van der Waals surface area contributed by atoms with E-state index in [9.17, 15) is 0 Å². The third-order valence-electron chi connectivity index (χ3n) is 1.67. The van der Waals surface area contributed by atoms with Gasteiger partial charge in [0.25, 0.3) is 0 Å². The molecular weight excluding hydrogens is 226 g/mol. The molecule has 0 amide bonds. The molecule has 4 nitrogen and oxygen atoms in total. The van der Waals surface area contributed by atoms with Gasteiger partial charge in [-0.3, -0.25) is 0 Å². The molecule has 0 saturated heterocycles. The summed E-state index contributed by atoms with van der Waals surface area (Å²) >= 11 is 0. The van der Waals surface area contributed by atoms with Gasteiger partial charge in [-0.15, -0.1) is 10.7 Å². The summed E-state index contributed by atoms with van der Waals surface area (Å²) in [5.41, 5.74) is 2.31. The molecule has 1 N–H and O–H groups in total. The summed E-state index contributed by atoms with van der Waals surface area (Å²) < 4.78 is 0. The van der Waals surface area contributed by atoms with E-state index in [-0.39, 0.29) is 0 Å². The summed E-state index contributed by atoms with van der Waals surface area (Å²) in [5.74, 6) is 0. The van der Waals surface area contributed by atoms with Crippen molar-refractivity contribution in [2.45, 2.75) is 0 Å². The number of hydrogen-bond donors (Lipinski definition) is 1. The highest BCUT2D eigenvalue weighted by Crippen LogP contribution is 1.86. The molecule has 0 aromatic carbocycles. The van der Waals surface area contributed by atoms with E-state index in [1.807, 2.05) is 60.8 Å². The van der Waals surface area contributed by atoms with Crippen LogP contribution in [0.25, 0.3) is 0 Å². The molecule has 0 aliphatic carbocycles. The third kappa shape index (κ3) is 8.67. The summed E-state index contributed by atoms with van der Waals surface area (Å²) in [5, 5.41) is 7.24. The third-order valence-corrected chi connectivity index (χ3v) is 1.67. The van der Waals surface area contributed by atoms with Crippen molar-refractivity contribution in [3.63, 3.8) is 0 Å². The van der Waals surface area contributed by atoms with E-state index in [0.717, 1.165) is 0 Å². The molecule has 18 heavy (non-hydrogen) atoms. The van der Waals surface area contributed by atoms with E-state index >= 15 is 0 Å². The largest absolute Gasteiger partial charge is 0.372 e. The van der Waals surface area contributed by atoms with Crippen LogP contribution < -0.4 is 5.59 Å². The number of allylic oxidation sites excluding steroid dienone is 12. The second kappa shape index (κ2) is 10.9. The molecule has 0 aromatic heterocycles. The second-order valence-electron chi connectivity index (χ2n) is 3.02. The van der Waals surface area contributed by atoms with Crippen LogP contribution in [-0.4, -0.2) is 0 Å². The Morgan fingerprint density at radius 3 is 1.72 bits per heavy atom. The Morgan fingerprint density at radius 2 is 1.11 bits per heavy atom. The van der Waals surface area contributed by atoms with E-state index in [0.29, 0.717) is 0 Å². The first-order chi connectivity index (χ1) is 9.00. The van der Waals surface area contributed by atoms with Crippen molar-refractivity contribution >= 4 is 0 Å². The number of nitrogens with zero attached hydrogens (tertiary/aromatic N) is 2. The molecular formula is C14H15N3O. The zero-order chi connectivity index (χ0) is 12.7. The molecule has 1 rings (SSSR count). The van der Waals surface area contributed by atoms with E-state index < -0.39 is 0 Å². The van der Waals surface area contributed by atoms with Gasteiger partial charge in [0, 0.05) is 0 Å². The molecule has 0 fully saturated rings. The summed E-state index contributed by atoms with van der Waals surface area (Å²) in [6, 6.07) is 0. The molecule has 1 heterocycles. The Bertz CT molecular complexity index is 396. The Kier molecular flexibility index (Phi) is 8.13. The van der Waals surface area contributed by atoms with E-state index in [1.165, 1.54) is 6.26 Å². The zero-order valence-electron chi connectivity index (χ0n) is 9.89. The number of nitrogens with one attached hydrogen (secondary N) is 1. The zero-order valence-corrected chi connectivity index (χ0v) is 9.89. The lowest BCUT2D eigenvalue weighted by Crippen LogP contribution is -1.98. The van der Waals surface area contributed by atoms with E-state index in [4.69, 9.17) is 4.84 Å². The van der Waals surface area contributed by atoms with Gasteiger partial charge in [0.1, 0.15) is 6.26 Å². The van der Waals surface area contributed by atoms with Gasteiger partial charge < -0.3 is 4.84 Å². The molecule has 1 aliphatic rings. The molecule has 4 heteroatoms. The highest BCUT2D eigenvalue weighted by atomic mass is 16.7. The Balaban J connectivity index is 2.58. The molecule has 0 bridgehead atoms. The fourth-order valence-corrected chi connectivity index (χ4v) is 0.925. The van der Waals surface area contributed by atoms with Crippen molar-refractivity contribution in [1.82, 2.24) is 5.59 Å². The fourth-order valence-electron chi connectivity index (χ4n) is 0.925. The predicted octanol–water partition coefficient (Wildman–Crippen LogP) is 3.70. The number of rotatable bonds is 0. The summed E-state index contributed by atoms with van der Waals surface area (Å²) in [4.78, 5) is 4.84. The van der Waals surface area contributed by atoms with Gasteiger partial charge in [-0.05, 0) is 17.4 Å². The average Bonchev–Trinajstić information content (AvgIpc) is 2.39. The lowest BCUT2D eigenvalue weighted by atomic mass is 10.3. The first kappa shape index (κ1) is 13.4. The lowest BCUT2D eigenvalue weighted by molar-refractivity contribution is 0.131. The summed E-state index contributed by atoms with van der Waals surface area (Å²) in [6.07, 6.45) is 25.6. The van der Waals surface area contributed by atoms with Gasteiger partial charge in [-0.25, -0.2) is 0 Å². The Morgan fingerprint density at radius 1 is 0.611 bits per heavy atom. The lowest BCUT2D eigenvalue weighted by Gasteiger charge is -1.91. The van der Waals surface area contributed by atoms with E-state index in [2.05, 4.69) is 15.9 Å². The van der Waals surface area contributed by atoms with Crippen LogP contribution in [-0.2, 0) is 4.84 Å². The maximum Gasteiger partial charge on any atom is 0.121 e. The van der Waals surface area contributed by atoms with Gasteiger partial charge >= 0.3 is 0 Å². The molecule has 1 aliphatic heterocycles. The SMILES string of the molecule is C1=C\C=C\C=C/C=C/C=C/C=C\ON\N=N\C=C/1. The minimum absolute atomic E-state index is 1.47. The van der Waals surface area contributed by atoms with Crippen LogP contribution in [0, 0.1) is 0 Å². The van der Waals surface area contributed by atoms with Crippen molar-refractivity contribution in [2.75, 3.05) is 0 Å².